The summed E-state index contributed by atoms with van der Waals surface area (Å²) in [6, 6.07) is 11.1. The molecule has 114 valence electrons. The molecular formula is C17H25N3S. The molecule has 3 nitrogen and oxygen atoms in total. The molecule has 2 atom stereocenters. The second-order valence-electron chi connectivity index (χ2n) is 5.71. The molecule has 2 unspecified atom stereocenters. The fourth-order valence-electron chi connectivity index (χ4n) is 2.82. The van der Waals surface area contributed by atoms with Crippen molar-refractivity contribution in [2.45, 2.75) is 26.4 Å². The van der Waals surface area contributed by atoms with Crippen LogP contribution in [0, 0.1) is 12.8 Å². The fraction of sp³-hybridized carbons (Fsp3) is 0.471. The van der Waals surface area contributed by atoms with Crippen LogP contribution in [0.4, 0.5) is 0 Å². The highest BCUT2D eigenvalue weighted by molar-refractivity contribution is 7.09. The Hall–Kier alpha value is -1.23. The zero-order valence-electron chi connectivity index (χ0n) is 13.3. The highest BCUT2D eigenvalue weighted by Crippen LogP contribution is 2.23. The van der Waals surface area contributed by atoms with Crippen molar-refractivity contribution in [2.75, 3.05) is 20.6 Å². The summed E-state index contributed by atoms with van der Waals surface area (Å²) in [5, 5.41) is 3.46. The first-order valence-electron chi connectivity index (χ1n) is 7.41. The molecule has 0 spiro atoms. The third-order valence-electron chi connectivity index (χ3n) is 3.90. The predicted octanol–water partition coefficient (Wildman–Crippen LogP) is 3.48. The standard InChI is InChI=1S/C17H25N3S/c1-13(17(18-3)15-8-6-5-7-9-15)10-20(4)11-16-14(2)19-12-21-16/h5-9,12-13,17-18H,10-11H2,1-4H3. The molecule has 0 bridgehead atoms. The lowest BCUT2D eigenvalue weighted by Crippen LogP contribution is -2.32. The Kier molecular flexibility index (Phi) is 5.91. The minimum Gasteiger partial charge on any atom is -0.313 e. The van der Waals surface area contributed by atoms with Crippen LogP contribution in [0.15, 0.2) is 35.8 Å². The fourth-order valence-corrected chi connectivity index (χ4v) is 3.68. The number of thiazole rings is 1. The number of benzene rings is 1. The maximum absolute atomic E-state index is 4.33. The van der Waals surface area contributed by atoms with Crippen molar-refractivity contribution in [2.24, 2.45) is 5.92 Å². The minimum atomic E-state index is 0.385. The van der Waals surface area contributed by atoms with E-state index in [-0.39, 0.29) is 0 Å². The largest absolute Gasteiger partial charge is 0.313 e. The van der Waals surface area contributed by atoms with E-state index in [9.17, 15) is 0 Å². The average Bonchev–Trinajstić information content (AvgIpc) is 2.86. The summed E-state index contributed by atoms with van der Waals surface area (Å²) in [6.45, 7) is 6.43. The second kappa shape index (κ2) is 7.69. The summed E-state index contributed by atoms with van der Waals surface area (Å²) in [7, 11) is 4.23. The smallest absolute Gasteiger partial charge is 0.0798 e. The molecule has 1 heterocycles. The van der Waals surface area contributed by atoms with Crippen molar-refractivity contribution in [1.29, 1.82) is 0 Å². The highest BCUT2D eigenvalue weighted by Gasteiger charge is 2.19. The third-order valence-corrected chi connectivity index (χ3v) is 4.82. The maximum atomic E-state index is 4.33. The van der Waals surface area contributed by atoms with E-state index in [0.717, 1.165) is 18.8 Å². The lowest BCUT2D eigenvalue weighted by Gasteiger charge is -2.28. The van der Waals surface area contributed by atoms with Crippen LogP contribution >= 0.6 is 11.3 Å². The van der Waals surface area contributed by atoms with E-state index >= 15 is 0 Å². The first-order valence-corrected chi connectivity index (χ1v) is 8.29. The lowest BCUT2D eigenvalue weighted by molar-refractivity contribution is 0.246. The Balaban J connectivity index is 1.96. The van der Waals surface area contributed by atoms with Crippen molar-refractivity contribution in [1.82, 2.24) is 15.2 Å². The molecular weight excluding hydrogens is 278 g/mol. The summed E-state index contributed by atoms with van der Waals surface area (Å²) in [6.07, 6.45) is 0. The van der Waals surface area contributed by atoms with Crippen molar-refractivity contribution in [3.8, 4) is 0 Å². The molecule has 0 fully saturated rings. The number of hydrogen-bond acceptors (Lipinski definition) is 4. The van der Waals surface area contributed by atoms with E-state index in [1.807, 2.05) is 12.6 Å². The van der Waals surface area contributed by atoms with Crippen LogP contribution in [0.5, 0.6) is 0 Å². The van der Waals surface area contributed by atoms with Gasteiger partial charge in [-0.2, -0.15) is 0 Å². The van der Waals surface area contributed by atoms with Gasteiger partial charge in [-0.05, 0) is 32.5 Å². The number of rotatable bonds is 7. The molecule has 0 amide bonds. The van der Waals surface area contributed by atoms with E-state index in [1.165, 1.54) is 10.4 Å². The topological polar surface area (TPSA) is 28.2 Å². The average molecular weight is 303 g/mol. The number of aryl methyl sites for hydroxylation is 1. The predicted molar refractivity (Wildman–Crippen MR) is 90.6 cm³/mol. The van der Waals surface area contributed by atoms with Gasteiger partial charge in [-0.1, -0.05) is 37.3 Å². The van der Waals surface area contributed by atoms with Gasteiger partial charge in [0.15, 0.2) is 0 Å². The molecule has 0 saturated heterocycles. The van der Waals surface area contributed by atoms with Crippen molar-refractivity contribution in [3.05, 3.63) is 52.0 Å². The zero-order valence-corrected chi connectivity index (χ0v) is 14.2. The van der Waals surface area contributed by atoms with E-state index in [1.54, 1.807) is 11.3 Å². The first-order chi connectivity index (χ1) is 10.1. The van der Waals surface area contributed by atoms with Gasteiger partial charge in [0, 0.05) is 24.0 Å². The van der Waals surface area contributed by atoms with Crippen LogP contribution in [-0.4, -0.2) is 30.5 Å². The van der Waals surface area contributed by atoms with Gasteiger partial charge < -0.3 is 10.2 Å². The van der Waals surface area contributed by atoms with Gasteiger partial charge in [0.25, 0.3) is 0 Å². The third kappa shape index (κ3) is 4.37. The molecule has 0 saturated carbocycles. The van der Waals surface area contributed by atoms with Gasteiger partial charge in [-0.3, -0.25) is 0 Å². The molecule has 0 radical (unpaired) electrons. The Morgan fingerprint density at radius 3 is 2.57 bits per heavy atom. The quantitative estimate of drug-likeness (QED) is 0.849. The van der Waals surface area contributed by atoms with Crippen LogP contribution in [0.1, 0.15) is 29.1 Å². The molecule has 0 aliphatic rings. The molecule has 1 aromatic heterocycles. The van der Waals surface area contributed by atoms with E-state index in [0.29, 0.717) is 12.0 Å². The SMILES string of the molecule is CNC(c1ccccc1)C(C)CN(C)Cc1scnc1C. The molecule has 2 rings (SSSR count). The number of nitrogens with one attached hydrogen (secondary N) is 1. The normalized spacial score (nSPS) is 14.3. The second-order valence-corrected chi connectivity index (χ2v) is 6.65. The van der Waals surface area contributed by atoms with Gasteiger partial charge in [-0.25, -0.2) is 4.98 Å². The Labute approximate surface area is 132 Å². The lowest BCUT2D eigenvalue weighted by atomic mass is 9.94. The van der Waals surface area contributed by atoms with Crippen molar-refractivity contribution < 1.29 is 0 Å². The van der Waals surface area contributed by atoms with Gasteiger partial charge in [-0.15, -0.1) is 11.3 Å². The van der Waals surface area contributed by atoms with E-state index in [2.05, 4.69) is 66.4 Å². The van der Waals surface area contributed by atoms with Gasteiger partial charge >= 0.3 is 0 Å². The summed E-state index contributed by atoms with van der Waals surface area (Å²) < 4.78 is 0. The summed E-state index contributed by atoms with van der Waals surface area (Å²) in [5.41, 5.74) is 4.45. The monoisotopic (exact) mass is 303 g/mol. The van der Waals surface area contributed by atoms with Gasteiger partial charge in [0.2, 0.25) is 0 Å². The zero-order chi connectivity index (χ0) is 15.2. The minimum absolute atomic E-state index is 0.385. The van der Waals surface area contributed by atoms with Crippen LogP contribution < -0.4 is 5.32 Å². The van der Waals surface area contributed by atoms with Crippen LogP contribution in [0.25, 0.3) is 0 Å². The molecule has 21 heavy (non-hydrogen) atoms. The van der Waals surface area contributed by atoms with E-state index in [4.69, 9.17) is 0 Å². The van der Waals surface area contributed by atoms with Crippen molar-refractivity contribution >= 4 is 11.3 Å². The Bertz CT molecular complexity index is 538. The molecule has 4 heteroatoms. The van der Waals surface area contributed by atoms with Crippen molar-refractivity contribution in [3.63, 3.8) is 0 Å². The molecule has 0 aliphatic heterocycles. The molecule has 1 aromatic carbocycles. The van der Waals surface area contributed by atoms with Crippen LogP contribution in [-0.2, 0) is 6.54 Å². The summed E-state index contributed by atoms with van der Waals surface area (Å²) in [5.74, 6) is 0.538. The molecule has 1 N–H and O–H groups in total. The van der Waals surface area contributed by atoms with Gasteiger partial charge in [0.05, 0.1) is 11.2 Å². The number of nitrogens with zero attached hydrogens (tertiary/aromatic N) is 2. The number of aromatic nitrogens is 1. The first kappa shape index (κ1) is 16.1. The summed E-state index contributed by atoms with van der Waals surface area (Å²) in [4.78, 5) is 8.08. The Morgan fingerprint density at radius 2 is 2.00 bits per heavy atom. The number of hydrogen-bond donors (Lipinski definition) is 1. The molecule has 2 aromatic rings. The Morgan fingerprint density at radius 1 is 1.29 bits per heavy atom. The maximum Gasteiger partial charge on any atom is 0.0798 e. The summed E-state index contributed by atoms with van der Waals surface area (Å²) >= 11 is 1.75. The van der Waals surface area contributed by atoms with E-state index < -0.39 is 0 Å². The van der Waals surface area contributed by atoms with Crippen LogP contribution in [0.3, 0.4) is 0 Å². The highest BCUT2D eigenvalue weighted by atomic mass is 32.1. The van der Waals surface area contributed by atoms with Crippen LogP contribution in [0.2, 0.25) is 0 Å². The van der Waals surface area contributed by atoms with Gasteiger partial charge in [0.1, 0.15) is 0 Å². The molecule has 0 aliphatic carbocycles.